The molecule has 2 N–H and O–H groups in total. The molecule has 3 rings (SSSR count). The second kappa shape index (κ2) is 3.45. The maximum atomic E-state index is 4.69. The van der Waals surface area contributed by atoms with Gasteiger partial charge in [-0.3, -0.25) is 5.32 Å². The fraction of sp³-hybridized carbons (Fsp3) is 0.400. The highest BCUT2D eigenvalue weighted by molar-refractivity contribution is 5.81. The summed E-state index contributed by atoms with van der Waals surface area (Å²) >= 11 is 0. The van der Waals surface area contributed by atoms with E-state index in [1.165, 1.54) is 5.57 Å². The van der Waals surface area contributed by atoms with Crippen LogP contribution in [0.1, 0.15) is 33.5 Å². The maximum Gasteiger partial charge on any atom is 0.136 e. The molecule has 0 bridgehead atoms. The number of para-hydroxylation sites is 2. The van der Waals surface area contributed by atoms with Crippen LogP contribution < -0.4 is 5.32 Å². The number of aromatic nitrogens is 2. The Balaban J connectivity index is 2.14. The van der Waals surface area contributed by atoms with Crippen molar-refractivity contribution in [3.8, 4) is 0 Å². The average Bonchev–Trinajstić information content (AvgIpc) is 2.75. The van der Waals surface area contributed by atoms with E-state index in [4.69, 9.17) is 4.98 Å². The highest BCUT2D eigenvalue weighted by atomic mass is 15.1. The monoisotopic (exact) mass is 241 g/mol. The molecule has 0 aliphatic carbocycles. The molecule has 0 spiro atoms. The second-order valence-corrected chi connectivity index (χ2v) is 6.13. The van der Waals surface area contributed by atoms with Gasteiger partial charge in [0.05, 0.1) is 11.0 Å². The lowest BCUT2D eigenvalue weighted by molar-refractivity contribution is 0.402. The van der Waals surface area contributed by atoms with Gasteiger partial charge >= 0.3 is 0 Å². The lowest BCUT2D eigenvalue weighted by Crippen LogP contribution is -2.45. The van der Waals surface area contributed by atoms with Gasteiger partial charge in [-0.25, -0.2) is 4.98 Å². The first kappa shape index (κ1) is 11.5. The minimum Gasteiger partial charge on any atom is -0.338 e. The largest absolute Gasteiger partial charge is 0.338 e. The summed E-state index contributed by atoms with van der Waals surface area (Å²) in [6.07, 6.45) is 2.27. The molecule has 18 heavy (non-hydrogen) atoms. The van der Waals surface area contributed by atoms with Gasteiger partial charge in [0.1, 0.15) is 5.82 Å². The summed E-state index contributed by atoms with van der Waals surface area (Å²) in [6, 6.07) is 8.15. The van der Waals surface area contributed by atoms with Gasteiger partial charge in [0.2, 0.25) is 0 Å². The highest BCUT2D eigenvalue weighted by Gasteiger charge is 2.38. The Kier molecular flexibility index (Phi) is 2.20. The Bertz CT molecular complexity index is 599. The van der Waals surface area contributed by atoms with Crippen molar-refractivity contribution in [3.63, 3.8) is 0 Å². The molecule has 94 valence electrons. The van der Waals surface area contributed by atoms with Crippen LogP contribution in [0, 0.1) is 0 Å². The second-order valence-electron chi connectivity index (χ2n) is 6.13. The first-order chi connectivity index (χ1) is 8.37. The highest BCUT2D eigenvalue weighted by Crippen LogP contribution is 2.35. The van der Waals surface area contributed by atoms with E-state index in [0.29, 0.717) is 0 Å². The lowest BCUT2D eigenvalue weighted by Gasteiger charge is -2.27. The van der Waals surface area contributed by atoms with Gasteiger partial charge in [-0.05, 0) is 39.8 Å². The molecule has 3 heteroatoms. The summed E-state index contributed by atoms with van der Waals surface area (Å²) in [5, 5.41) is 3.61. The zero-order valence-electron chi connectivity index (χ0n) is 11.3. The Morgan fingerprint density at radius 3 is 2.39 bits per heavy atom. The van der Waals surface area contributed by atoms with E-state index in [1.807, 2.05) is 18.2 Å². The molecule has 1 aromatic carbocycles. The first-order valence-electron chi connectivity index (χ1n) is 6.35. The van der Waals surface area contributed by atoms with E-state index < -0.39 is 0 Å². The van der Waals surface area contributed by atoms with Gasteiger partial charge in [-0.1, -0.05) is 18.2 Å². The van der Waals surface area contributed by atoms with Gasteiger partial charge < -0.3 is 4.98 Å². The van der Waals surface area contributed by atoms with Crippen LogP contribution in [0.4, 0.5) is 0 Å². The van der Waals surface area contributed by atoms with E-state index in [-0.39, 0.29) is 11.1 Å². The molecular weight excluding hydrogens is 222 g/mol. The van der Waals surface area contributed by atoms with E-state index in [9.17, 15) is 0 Å². The number of rotatable bonds is 1. The summed E-state index contributed by atoms with van der Waals surface area (Å²) in [6.45, 7) is 8.76. The van der Waals surface area contributed by atoms with Crippen LogP contribution in [-0.2, 0) is 0 Å². The number of H-pyrrole nitrogens is 1. The SMILES string of the molecule is CC1(C)C=C(c2nc3ccccc3[nH]2)C(C)(C)N1. The lowest BCUT2D eigenvalue weighted by atomic mass is 9.96. The molecule has 0 atom stereocenters. The maximum absolute atomic E-state index is 4.69. The van der Waals surface area contributed by atoms with E-state index in [1.54, 1.807) is 0 Å². The molecule has 0 radical (unpaired) electrons. The predicted octanol–water partition coefficient (Wildman–Crippen LogP) is 3.11. The van der Waals surface area contributed by atoms with Gasteiger partial charge in [0.15, 0.2) is 0 Å². The molecular formula is C15H19N3. The van der Waals surface area contributed by atoms with Crippen molar-refractivity contribution in [1.29, 1.82) is 0 Å². The van der Waals surface area contributed by atoms with E-state index in [2.05, 4.69) is 50.1 Å². The number of benzene rings is 1. The Morgan fingerprint density at radius 2 is 1.78 bits per heavy atom. The third-order valence-corrected chi connectivity index (χ3v) is 3.46. The quantitative estimate of drug-likeness (QED) is 0.805. The summed E-state index contributed by atoms with van der Waals surface area (Å²) < 4.78 is 0. The van der Waals surface area contributed by atoms with Crippen molar-refractivity contribution < 1.29 is 0 Å². The fourth-order valence-electron chi connectivity index (χ4n) is 2.89. The van der Waals surface area contributed by atoms with Crippen molar-refractivity contribution in [2.45, 2.75) is 38.8 Å². The minimum atomic E-state index is -0.0582. The molecule has 1 aliphatic heterocycles. The predicted molar refractivity (Wildman–Crippen MR) is 75.4 cm³/mol. The normalized spacial score (nSPS) is 21.2. The van der Waals surface area contributed by atoms with Crippen LogP contribution in [-0.4, -0.2) is 21.0 Å². The van der Waals surface area contributed by atoms with Crippen LogP contribution in [0.3, 0.4) is 0 Å². The number of fused-ring (bicyclic) bond motifs is 1. The van der Waals surface area contributed by atoms with Crippen LogP contribution in [0.5, 0.6) is 0 Å². The number of hydrogen-bond acceptors (Lipinski definition) is 2. The average molecular weight is 241 g/mol. The van der Waals surface area contributed by atoms with Gasteiger partial charge in [-0.15, -0.1) is 0 Å². The number of nitrogens with zero attached hydrogens (tertiary/aromatic N) is 1. The van der Waals surface area contributed by atoms with Crippen LogP contribution in [0.15, 0.2) is 30.3 Å². The smallest absolute Gasteiger partial charge is 0.136 e. The number of hydrogen-bond donors (Lipinski definition) is 2. The molecule has 2 aromatic rings. The molecule has 0 saturated carbocycles. The molecule has 3 nitrogen and oxygen atoms in total. The minimum absolute atomic E-state index is 0.0117. The van der Waals surface area contributed by atoms with Crippen molar-refractivity contribution in [2.24, 2.45) is 0 Å². The summed E-state index contributed by atoms with van der Waals surface area (Å²) in [5.41, 5.74) is 3.31. The van der Waals surface area contributed by atoms with Crippen molar-refractivity contribution in [1.82, 2.24) is 15.3 Å². The van der Waals surface area contributed by atoms with Gasteiger partial charge in [0.25, 0.3) is 0 Å². The molecule has 1 aromatic heterocycles. The topological polar surface area (TPSA) is 40.7 Å². The third kappa shape index (κ3) is 1.75. The Morgan fingerprint density at radius 1 is 1.06 bits per heavy atom. The zero-order chi connectivity index (χ0) is 13.0. The van der Waals surface area contributed by atoms with Crippen molar-refractivity contribution in [2.75, 3.05) is 0 Å². The molecule has 0 fully saturated rings. The van der Waals surface area contributed by atoms with Crippen molar-refractivity contribution >= 4 is 16.6 Å². The first-order valence-corrected chi connectivity index (χ1v) is 6.35. The summed E-state index contributed by atoms with van der Waals surface area (Å²) in [4.78, 5) is 8.10. The summed E-state index contributed by atoms with van der Waals surface area (Å²) in [7, 11) is 0. The standard InChI is InChI=1S/C15H19N3/c1-14(2)9-10(15(3,4)18-14)13-16-11-7-5-6-8-12(11)17-13/h5-9,18H,1-4H3,(H,16,17). The van der Waals surface area contributed by atoms with Gasteiger partial charge in [0, 0.05) is 16.7 Å². The zero-order valence-corrected chi connectivity index (χ0v) is 11.3. The molecule has 0 unspecified atom stereocenters. The Labute approximate surface area is 107 Å². The van der Waals surface area contributed by atoms with Crippen LogP contribution in [0.25, 0.3) is 16.6 Å². The van der Waals surface area contributed by atoms with Crippen molar-refractivity contribution in [3.05, 3.63) is 36.2 Å². The molecule has 2 heterocycles. The molecule has 0 saturated heterocycles. The Hall–Kier alpha value is -1.61. The number of imidazole rings is 1. The van der Waals surface area contributed by atoms with Gasteiger partial charge in [-0.2, -0.15) is 0 Å². The molecule has 1 aliphatic rings. The summed E-state index contributed by atoms with van der Waals surface area (Å²) in [5.74, 6) is 0.972. The fourth-order valence-corrected chi connectivity index (χ4v) is 2.89. The van der Waals surface area contributed by atoms with Crippen LogP contribution in [0.2, 0.25) is 0 Å². The molecule has 0 amide bonds. The van der Waals surface area contributed by atoms with E-state index >= 15 is 0 Å². The third-order valence-electron chi connectivity index (χ3n) is 3.46. The van der Waals surface area contributed by atoms with E-state index in [0.717, 1.165) is 16.9 Å². The number of aromatic amines is 1. The number of nitrogens with one attached hydrogen (secondary N) is 2. The van der Waals surface area contributed by atoms with Crippen LogP contribution >= 0.6 is 0 Å².